The number of piperazine rings is 1. The summed E-state index contributed by atoms with van der Waals surface area (Å²) in [6.07, 6.45) is 0. The number of hydrogen-bond acceptors (Lipinski definition) is 4. The number of ether oxygens (including phenoxy) is 1. The van der Waals surface area contributed by atoms with Crippen molar-refractivity contribution in [3.05, 3.63) is 29.8 Å². The minimum Gasteiger partial charge on any atom is -0.493 e. The molecule has 2 unspecified atom stereocenters. The molecule has 0 saturated carbocycles. The highest BCUT2D eigenvalue weighted by atomic mass is 16.5. The summed E-state index contributed by atoms with van der Waals surface area (Å²) in [5.74, 6) is 1.53. The van der Waals surface area contributed by atoms with Crippen LogP contribution in [0.15, 0.2) is 24.3 Å². The molecule has 1 fully saturated rings. The molecule has 23 heavy (non-hydrogen) atoms. The first kappa shape index (κ1) is 18.2. The van der Waals surface area contributed by atoms with E-state index in [0.717, 1.165) is 38.5 Å². The van der Waals surface area contributed by atoms with Gasteiger partial charge in [-0.2, -0.15) is 0 Å². The standard InChI is InChI=1S/C19H33N3O/c1-15(2)14-23-18-8-6-17(7-9-18)19(13-21(4)5)22-11-10-20-12-16(22)3/h6-9,15-16,19-20H,10-14H2,1-5H3. The average molecular weight is 319 g/mol. The van der Waals surface area contributed by atoms with Gasteiger partial charge in [0.1, 0.15) is 5.75 Å². The summed E-state index contributed by atoms with van der Waals surface area (Å²) in [5.41, 5.74) is 1.38. The summed E-state index contributed by atoms with van der Waals surface area (Å²) in [5, 5.41) is 3.49. The molecular formula is C19H33N3O. The highest BCUT2D eigenvalue weighted by molar-refractivity contribution is 5.29. The Kier molecular flexibility index (Phi) is 6.88. The van der Waals surface area contributed by atoms with E-state index in [1.807, 2.05) is 0 Å². The number of nitrogens with one attached hydrogen (secondary N) is 1. The maximum atomic E-state index is 5.82. The molecule has 130 valence electrons. The van der Waals surface area contributed by atoms with Crippen LogP contribution in [0.2, 0.25) is 0 Å². The molecule has 1 heterocycles. The average Bonchev–Trinajstić information content (AvgIpc) is 2.52. The Hall–Kier alpha value is -1.10. The molecule has 0 amide bonds. The first-order valence-electron chi connectivity index (χ1n) is 8.81. The molecule has 2 atom stereocenters. The van der Waals surface area contributed by atoms with Crippen LogP contribution in [0.4, 0.5) is 0 Å². The van der Waals surface area contributed by atoms with Gasteiger partial charge in [0.25, 0.3) is 0 Å². The molecule has 4 nitrogen and oxygen atoms in total. The SMILES string of the molecule is CC(C)COc1ccc(C(CN(C)C)N2CCNCC2C)cc1. The Bertz CT molecular complexity index is 458. The second-order valence-corrected chi connectivity index (χ2v) is 7.34. The fourth-order valence-electron chi connectivity index (χ4n) is 3.12. The van der Waals surface area contributed by atoms with Gasteiger partial charge >= 0.3 is 0 Å². The van der Waals surface area contributed by atoms with E-state index in [2.05, 4.69) is 74.2 Å². The Morgan fingerprint density at radius 3 is 2.52 bits per heavy atom. The zero-order valence-corrected chi connectivity index (χ0v) is 15.4. The Morgan fingerprint density at radius 1 is 1.26 bits per heavy atom. The molecular weight excluding hydrogens is 286 g/mol. The molecule has 0 radical (unpaired) electrons. The molecule has 0 bridgehead atoms. The Labute approximate surface area is 141 Å². The first-order chi connectivity index (χ1) is 11.0. The van der Waals surface area contributed by atoms with Crippen LogP contribution in [0.25, 0.3) is 0 Å². The van der Waals surface area contributed by atoms with Crippen molar-refractivity contribution in [3.63, 3.8) is 0 Å². The predicted molar refractivity (Wildman–Crippen MR) is 97.1 cm³/mol. The molecule has 1 aromatic carbocycles. The second kappa shape index (κ2) is 8.67. The molecule has 1 N–H and O–H groups in total. The first-order valence-corrected chi connectivity index (χ1v) is 8.81. The molecule has 1 saturated heterocycles. The summed E-state index contributed by atoms with van der Waals surface area (Å²) in [4.78, 5) is 4.91. The van der Waals surface area contributed by atoms with Crippen LogP contribution < -0.4 is 10.1 Å². The van der Waals surface area contributed by atoms with Crippen molar-refractivity contribution in [3.8, 4) is 5.75 Å². The number of nitrogens with zero attached hydrogens (tertiary/aromatic N) is 2. The summed E-state index contributed by atoms with van der Waals surface area (Å²) < 4.78 is 5.82. The van der Waals surface area contributed by atoms with Crippen molar-refractivity contribution in [2.45, 2.75) is 32.9 Å². The van der Waals surface area contributed by atoms with Crippen molar-refractivity contribution in [1.82, 2.24) is 15.1 Å². The fourth-order valence-corrected chi connectivity index (χ4v) is 3.12. The van der Waals surface area contributed by atoms with Gasteiger partial charge in [0, 0.05) is 38.3 Å². The van der Waals surface area contributed by atoms with Crippen molar-refractivity contribution >= 4 is 0 Å². The minimum absolute atomic E-state index is 0.432. The van der Waals surface area contributed by atoms with E-state index >= 15 is 0 Å². The van der Waals surface area contributed by atoms with Gasteiger partial charge < -0.3 is 15.0 Å². The third kappa shape index (κ3) is 5.48. The van der Waals surface area contributed by atoms with Gasteiger partial charge in [0.05, 0.1) is 6.61 Å². The van der Waals surface area contributed by atoms with E-state index in [4.69, 9.17) is 4.74 Å². The lowest BCUT2D eigenvalue weighted by atomic mass is 10.0. The number of benzene rings is 1. The van der Waals surface area contributed by atoms with Crippen molar-refractivity contribution in [2.24, 2.45) is 5.92 Å². The van der Waals surface area contributed by atoms with Crippen molar-refractivity contribution in [2.75, 3.05) is 46.9 Å². The summed E-state index contributed by atoms with van der Waals surface area (Å²) >= 11 is 0. The van der Waals surface area contributed by atoms with Gasteiger partial charge in [-0.1, -0.05) is 26.0 Å². The smallest absolute Gasteiger partial charge is 0.119 e. The molecule has 1 aliphatic heterocycles. The normalized spacial score (nSPS) is 20.9. The van der Waals surface area contributed by atoms with Crippen LogP contribution in [0.1, 0.15) is 32.4 Å². The quantitative estimate of drug-likeness (QED) is 0.836. The van der Waals surface area contributed by atoms with Crippen LogP contribution in [0.5, 0.6) is 5.75 Å². The Morgan fingerprint density at radius 2 is 1.96 bits per heavy atom. The molecule has 4 heteroatoms. The molecule has 2 rings (SSSR count). The van der Waals surface area contributed by atoms with Gasteiger partial charge in [-0.25, -0.2) is 0 Å². The van der Waals surface area contributed by atoms with Crippen molar-refractivity contribution in [1.29, 1.82) is 0 Å². The summed E-state index contributed by atoms with van der Waals surface area (Å²) in [6.45, 7) is 11.7. The van der Waals surface area contributed by atoms with E-state index in [1.54, 1.807) is 0 Å². The molecule has 0 aliphatic carbocycles. The molecule has 0 aromatic heterocycles. The van der Waals surface area contributed by atoms with Crippen LogP contribution in [0, 0.1) is 5.92 Å². The zero-order valence-electron chi connectivity index (χ0n) is 15.4. The van der Waals surface area contributed by atoms with Gasteiger partial charge in [0.2, 0.25) is 0 Å². The molecule has 1 aliphatic rings. The lowest BCUT2D eigenvalue weighted by Gasteiger charge is -2.41. The van der Waals surface area contributed by atoms with E-state index < -0.39 is 0 Å². The predicted octanol–water partition coefficient (Wildman–Crippen LogP) is 2.62. The maximum absolute atomic E-state index is 5.82. The number of likely N-dealkylation sites (N-methyl/N-ethyl adjacent to an activating group) is 1. The van der Waals surface area contributed by atoms with Crippen LogP contribution in [0.3, 0.4) is 0 Å². The minimum atomic E-state index is 0.432. The highest BCUT2D eigenvalue weighted by Crippen LogP contribution is 2.26. The highest BCUT2D eigenvalue weighted by Gasteiger charge is 2.27. The molecule has 1 aromatic rings. The largest absolute Gasteiger partial charge is 0.493 e. The fraction of sp³-hybridized carbons (Fsp3) is 0.684. The van der Waals surface area contributed by atoms with E-state index in [0.29, 0.717) is 18.0 Å². The van der Waals surface area contributed by atoms with Crippen LogP contribution in [-0.4, -0.2) is 62.7 Å². The number of hydrogen-bond donors (Lipinski definition) is 1. The Balaban J connectivity index is 2.11. The van der Waals surface area contributed by atoms with E-state index in [1.165, 1.54) is 5.56 Å². The third-order valence-electron chi connectivity index (χ3n) is 4.34. The van der Waals surface area contributed by atoms with Gasteiger partial charge in [-0.05, 0) is 44.6 Å². The van der Waals surface area contributed by atoms with Crippen LogP contribution >= 0.6 is 0 Å². The van der Waals surface area contributed by atoms with Crippen molar-refractivity contribution < 1.29 is 4.74 Å². The van der Waals surface area contributed by atoms with Crippen LogP contribution in [-0.2, 0) is 0 Å². The monoisotopic (exact) mass is 319 g/mol. The van der Waals surface area contributed by atoms with Gasteiger partial charge in [-0.3, -0.25) is 4.90 Å². The third-order valence-corrected chi connectivity index (χ3v) is 4.34. The van der Waals surface area contributed by atoms with Gasteiger partial charge in [-0.15, -0.1) is 0 Å². The lowest BCUT2D eigenvalue weighted by Crippen LogP contribution is -2.52. The molecule has 0 spiro atoms. The summed E-state index contributed by atoms with van der Waals surface area (Å²) in [6, 6.07) is 9.70. The summed E-state index contributed by atoms with van der Waals surface area (Å²) in [7, 11) is 4.31. The lowest BCUT2D eigenvalue weighted by molar-refractivity contribution is 0.0967. The van der Waals surface area contributed by atoms with E-state index in [9.17, 15) is 0 Å². The second-order valence-electron chi connectivity index (χ2n) is 7.34. The van der Waals surface area contributed by atoms with E-state index in [-0.39, 0.29) is 0 Å². The topological polar surface area (TPSA) is 27.7 Å². The number of rotatable bonds is 7. The maximum Gasteiger partial charge on any atom is 0.119 e. The van der Waals surface area contributed by atoms with Gasteiger partial charge in [0.15, 0.2) is 0 Å². The zero-order chi connectivity index (χ0) is 16.8.